The first-order valence-electron chi connectivity index (χ1n) is 10.8. The van der Waals surface area contributed by atoms with E-state index in [4.69, 9.17) is 10.5 Å². The summed E-state index contributed by atoms with van der Waals surface area (Å²) in [7, 11) is 0. The fourth-order valence-electron chi connectivity index (χ4n) is 3.31. The molecule has 168 valence electrons. The second-order valence-corrected chi connectivity index (χ2v) is 8.10. The van der Waals surface area contributed by atoms with E-state index in [1.54, 1.807) is 48.5 Å². The highest BCUT2D eigenvalue weighted by molar-refractivity contribution is 5.95. The van der Waals surface area contributed by atoms with E-state index in [-0.39, 0.29) is 23.8 Å². The second-order valence-electron chi connectivity index (χ2n) is 8.10. The number of hydrogen-bond acceptors (Lipinski definition) is 4. The molecule has 0 radical (unpaired) electrons. The SMILES string of the molecule is CC(NC(=O)c1ccc(Oc2ccc(C(N)=O)cc2)cc1)c1ccc(NC(=O)C2CC2)cc1. The van der Waals surface area contributed by atoms with E-state index in [0.29, 0.717) is 22.6 Å². The number of primary amides is 1. The Morgan fingerprint density at radius 3 is 1.91 bits per heavy atom. The molecule has 4 N–H and O–H groups in total. The Balaban J connectivity index is 1.32. The molecule has 0 saturated heterocycles. The van der Waals surface area contributed by atoms with Gasteiger partial charge in [-0.1, -0.05) is 12.1 Å². The van der Waals surface area contributed by atoms with E-state index >= 15 is 0 Å². The molecule has 4 rings (SSSR count). The first kappa shape index (κ1) is 22.1. The molecule has 7 nitrogen and oxygen atoms in total. The highest BCUT2D eigenvalue weighted by Crippen LogP contribution is 2.30. The zero-order valence-electron chi connectivity index (χ0n) is 18.2. The topological polar surface area (TPSA) is 111 Å². The van der Waals surface area contributed by atoms with Crippen LogP contribution in [0.1, 0.15) is 52.1 Å². The number of anilines is 1. The van der Waals surface area contributed by atoms with Crippen LogP contribution in [-0.2, 0) is 4.79 Å². The molecule has 1 fully saturated rings. The molecule has 3 aromatic rings. The molecule has 0 bridgehead atoms. The highest BCUT2D eigenvalue weighted by atomic mass is 16.5. The number of rotatable bonds is 8. The van der Waals surface area contributed by atoms with Gasteiger partial charge in [0.05, 0.1) is 6.04 Å². The second kappa shape index (κ2) is 9.56. The van der Waals surface area contributed by atoms with Crippen molar-refractivity contribution in [3.05, 3.63) is 89.5 Å². The molecule has 1 atom stereocenters. The monoisotopic (exact) mass is 443 g/mol. The van der Waals surface area contributed by atoms with Crippen molar-refractivity contribution in [2.75, 3.05) is 5.32 Å². The maximum absolute atomic E-state index is 12.6. The molecule has 3 aromatic carbocycles. The summed E-state index contributed by atoms with van der Waals surface area (Å²) in [6.45, 7) is 1.91. The van der Waals surface area contributed by atoms with Crippen LogP contribution in [-0.4, -0.2) is 17.7 Å². The standard InChI is InChI=1S/C26H25N3O4/c1-16(17-4-10-21(11-5-17)29-26(32)19-2-3-19)28-25(31)20-8-14-23(15-9-20)33-22-12-6-18(7-13-22)24(27)30/h4-16,19H,2-3H2,1H3,(H2,27,30)(H,28,31)(H,29,32). The number of amides is 3. The van der Waals surface area contributed by atoms with Gasteiger partial charge in [-0.05, 0) is 86.0 Å². The zero-order chi connectivity index (χ0) is 23.4. The van der Waals surface area contributed by atoms with Crippen molar-refractivity contribution in [2.24, 2.45) is 11.7 Å². The summed E-state index contributed by atoms with van der Waals surface area (Å²) in [6.07, 6.45) is 1.92. The lowest BCUT2D eigenvalue weighted by Crippen LogP contribution is -2.26. The van der Waals surface area contributed by atoms with E-state index in [0.717, 1.165) is 24.1 Å². The van der Waals surface area contributed by atoms with Crippen molar-refractivity contribution in [1.29, 1.82) is 0 Å². The maximum atomic E-state index is 12.6. The predicted molar refractivity (Wildman–Crippen MR) is 125 cm³/mol. The van der Waals surface area contributed by atoms with Crippen molar-refractivity contribution in [3.63, 3.8) is 0 Å². The van der Waals surface area contributed by atoms with Crippen molar-refractivity contribution in [2.45, 2.75) is 25.8 Å². The van der Waals surface area contributed by atoms with Gasteiger partial charge in [-0.2, -0.15) is 0 Å². The molecule has 7 heteroatoms. The molecular weight excluding hydrogens is 418 g/mol. The number of hydrogen-bond donors (Lipinski definition) is 3. The van der Waals surface area contributed by atoms with Gasteiger partial charge >= 0.3 is 0 Å². The lowest BCUT2D eigenvalue weighted by atomic mass is 10.1. The van der Waals surface area contributed by atoms with Crippen LogP contribution in [0, 0.1) is 5.92 Å². The smallest absolute Gasteiger partial charge is 0.251 e. The first-order valence-corrected chi connectivity index (χ1v) is 10.8. The lowest BCUT2D eigenvalue weighted by molar-refractivity contribution is -0.117. The Labute approximate surface area is 191 Å². The minimum atomic E-state index is -0.498. The Morgan fingerprint density at radius 1 is 0.848 bits per heavy atom. The van der Waals surface area contributed by atoms with E-state index < -0.39 is 5.91 Å². The van der Waals surface area contributed by atoms with Crippen molar-refractivity contribution < 1.29 is 19.1 Å². The van der Waals surface area contributed by atoms with Crippen LogP contribution >= 0.6 is 0 Å². The Bertz CT molecular complexity index is 1150. The van der Waals surface area contributed by atoms with E-state index in [9.17, 15) is 14.4 Å². The number of ether oxygens (including phenoxy) is 1. The molecular formula is C26H25N3O4. The van der Waals surface area contributed by atoms with Crippen LogP contribution in [0.2, 0.25) is 0 Å². The molecule has 0 aromatic heterocycles. The average Bonchev–Trinajstić information content (AvgIpc) is 3.66. The van der Waals surface area contributed by atoms with Crippen molar-refractivity contribution in [1.82, 2.24) is 5.32 Å². The average molecular weight is 444 g/mol. The minimum absolute atomic E-state index is 0.0687. The zero-order valence-corrected chi connectivity index (χ0v) is 18.2. The fourth-order valence-corrected chi connectivity index (χ4v) is 3.31. The number of benzene rings is 3. The summed E-state index contributed by atoms with van der Waals surface area (Å²) in [5, 5.41) is 5.88. The van der Waals surface area contributed by atoms with Crippen LogP contribution in [0.25, 0.3) is 0 Å². The molecule has 0 heterocycles. The van der Waals surface area contributed by atoms with Gasteiger partial charge in [0.25, 0.3) is 5.91 Å². The van der Waals surface area contributed by atoms with Gasteiger partial charge in [-0.25, -0.2) is 0 Å². The molecule has 1 aliphatic rings. The highest BCUT2D eigenvalue weighted by Gasteiger charge is 2.29. The van der Waals surface area contributed by atoms with Crippen LogP contribution in [0.4, 0.5) is 5.69 Å². The number of carbonyl (C=O) groups is 3. The Morgan fingerprint density at radius 2 is 1.39 bits per heavy atom. The fraction of sp³-hybridized carbons (Fsp3) is 0.192. The summed E-state index contributed by atoms with van der Waals surface area (Å²) in [4.78, 5) is 35.7. The summed E-state index contributed by atoms with van der Waals surface area (Å²) in [5.74, 6) is 0.646. The third-order valence-electron chi connectivity index (χ3n) is 5.47. The lowest BCUT2D eigenvalue weighted by Gasteiger charge is -2.15. The predicted octanol–water partition coefficient (Wildman–Crippen LogP) is 4.42. The third-order valence-corrected chi connectivity index (χ3v) is 5.47. The van der Waals surface area contributed by atoms with Crippen LogP contribution < -0.4 is 21.1 Å². The molecule has 1 aliphatic carbocycles. The maximum Gasteiger partial charge on any atom is 0.251 e. The minimum Gasteiger partial charge on any atom is -0.457 e. The Kier molecular flexibility index (Phi) is 6.40. The van der Waals surface area contributed by atoms with E-state index in [1.165, 1.54) is 0 Å². The number of carbonyl (C=O) groups excluding carboxylic acids is 3. The van der Waals surface area contributed by atoms with E-state index in [2.05, 4.69) is 10.6 Å². The van der Waals surface area contributed by atoms with Gasteiger partial charge in [0.15, 0.2) is 0 Å². The molecule has 3 amide bonds. The third kappa shape index (κ3) is 5.77. The summed E-state index contributed by atoms with van der Waals surface area (Å²) >= 11 is 0. The van der Waals surface area contributed by atoms with Crippen molar-refractivity contribution in [3.8, 4) is 11.5 Å². The molecule has 0 aliphatic heterocycles. The van der Waals surface area contributed by atoms with Crippen LogP contribution in [0.5, 0.6) is 11.5 Å². The van der Waals surface area contributed by atoms with Gasteiger partial charge in [0.1, 0.15) is 11.5 Å². The van der Waals surface area contributed by atoms with Gasteiger partial charge in [-0.15, -0.1) is 0 Å². The quantitative estimate of drug-likeness (QED) is 0.479. The number of nitrogens with one attached hydrogen (secondary N) is 2. The summed E-state index contributed by atoms with van der Waals surface area (Å²) in [6, 6.07) is 20.6. The first-order chi connectivity index (χ1) is 15.9. The normalized spacial score (nSPS) is 13.6. The summed E-state index contributed by atoms with van der Waals surface area (Å²) in [5.41, 5.74) is 7.84. The largest absolute Gasteiger partial charge is 0.457 e. The Hall–Kier alpha value is -4.13. The van der Waals surface area contributed by atoms with Crippen LogP contribution in [0.3, 0.4) is 0 Å². The molecule has 1 unspecified atom stereocenters. The van der Waals surface area contributed by atoms with Gasteiger partial charge < -0.3 is 21.1 Å². The summed E-state index contributed by atoms with van der Waals surface area (Å²) < 4.78 is 5.74. The van der Waals surface area contributed by atoms with Gasteiger partial charge in [0.2, 0.25) is 11.8 Å². The van der Waals surface area contributed by atoms with Gasteiger partial charge in [0, 0.05) is 22.7 Å². The van der Waals surface area contributed by atoms with E-state index in [1.807, 2.05) is 31.2 Å². The van der Waals surface area contributed by atoms with Crippen molar-refractivity contribution >= 4 is 23.4 Å². The molecule has 1 saturated carbocycles. The molecule has 33 heavy (non-hydrogen) atoms. The van der Waals surface area contributed by atoms with Crippen LogP contribution in [0.15, 0.2) is 72.8 Å². The number of nitrogens with two attached hydrogens (primary N) is 1. The van der Waals surface area contributed by atoms with Gasteiger partial charge in [-0.3, -0.25) is 14.4 Å². The molecule has 0 spiro atoms.